The molecule has 0 aromatic carbocycles. The molecule has 1 unspecified atom stereocenters. The molecule has 0 spiro atoms. The third-order valence-electron chi connectivity index (χ3n) is 4.67. The van der Waals surface area contributed by atoms with Gasteiger partial charge >= 0.3 is 8.56 Å². The van der Waals surface area contributed by atoms with Gasteiger partial charge in [-0.15, -0.1) is 6.58 Å². The monoisotopic (exact) mass is 342 g/mol. The van der Waals surface area contributed by atoms with E-state index >= 15 is 0 Å². The fraction of sp³-hybridized carbons (Fsp3) is 0.900. The van der Waals surface area contributed by atoms with Gasteiger partial charge in [0, 0.05) is 13.7 Å². The molecule has 0 bridgehead atoms. The van der Waals surface area contributed by atoms with E-state index in [0.717, 1.165) is 12.7 Å². The van der Waals surface area contributed by atoms with Crippen LogP contribution in [0.5, 0.6) is 0 Å². The molecule has 0 saturated carbocycles. The minimum atomic E-state index is -1.83. The molecule has 0 amide bonds. The molecule has 0 aliphatic carbocycles. The summed E-state index contributed by atoms with van der Waals surface area (Å²) in [7, 11) is -0.0247. The molecule has 2 nitrogen and oxygen atoms in total. The normalized spacial score (nSPS) is 13.9. The molecule has 0 radical (unpaired) electrons. The lowest BCUT2D eigenvalue weighted by Gasteiger charge is -2.24. The van der Waals surface area contributed by atoms with Crippen LogP contribution in [0.1, 0.15) is 90.4 Å². The van der Waals surface area contributed by atoms with Crippen molar-refractivity contribution in [1.29, 1.82) is 0 Å². The Kier molecular flexibility index (Phi) is 16.6. The van der Waals surface area contributed by atoms with E-state index in [9.17, 15) is 0 Å². The molecule has 3 heteroatoms. The lowest BCUT2D eigenvalue weighted by atomic mass is 10.0. The number of rotatable bonds is 18. The van der Waals surface area contributed by atoms with Gasteiger partial charge in [0.05, 0.1) is 0 Å². The molecular formula is C20H42O2Si. The van der Waals surface area contributed by atoms with E-state index in [1.165, 1.54) is 83.5 Å². The fourth-order valence-corrected chi connectivity index (χ4v) is 5.01. The molecule has 138 valence electrons. The summed E-state index contributed by atoms with van der Waals surface area (Å²) in [6.07, 6.45) is 19.9. The minimum absolute atomic E-state index is 0.783. The van der Waals surface area contributed by atoms with Crippen LogP contribution in [-0.2, 0) is 8.85 Å². The SMILES string of the molecule is C=CCCCCCCCCCCCCCC[Si](C)(OC)OCC. The van der Waals surface area contributed by atoms with Crippen LogP contribution < -0.4 is 0 Å². The average Bonchev–Trinajstić information content (AvgIpc) is 2.55. The average molecular weight is 343 g/mol. The molecule has 0 aliphatic rings. The van der Waals surface area contributed by atoms with Crippen LogP contribution in [0.4, 0.5) is 0 Å². The highest BCUT2D eigenvalue weighted by atomic mass is 28.4. The van der Waals surface area contributed by atoms with Gasteiger partial charge in [0.15, 0.2) is 0 Å². The van der Waals surface area contributed by atoms with Gasteiger partial charge in [0.1, 0.15) is 0 Å². The smallest absolute Gasteiger partial charge is 0.334 e. The first-order chi connectivity index (χ1) is 11.2. The van der Waals surface area contributed by atoms with Crippen LogP contribution in [0, 0.1) is 0 Å². The van der Waals surface area contributed by atoms with Gasteiger partial charge in [-0.1, -0.05) is 76.7 Å². The Morgan fingerprint density at radius 2 is 1.22 bits per heavy atom. The Hall–Kier alpha value is -0.123. The molecule has 0 aromatic heterocycles. The lowest BCUT2D eigenvalue weighted by Crippen LogP contribution is -2.37. The molecule has 0 N–H and O–H groups in total. The predicted octanol–water partition coefficient (Wildman–Crippen LogP) is 7.00. The summed E-state index contributed by atoms with van der Waals surface area (Å²) >= 11 is 0. The molecule has 0 saturated heterocycles. The second-order valence-corrected chi connectivity index (χ2v) is 10.3. The highest BCUT2D eigenvalue weighted by molar-refractivity contribution is 6.65. The Bertz CT molecular complexity index is 258. The zero-order chi connectivity index (χ0) is 17.2. The Balaban J connectivity index is 3.23. The third kappa shape index (κ3) is 15.2. The van der Waals surface area contributed by atoms with Crippen LogP contribution in [0.25, 0.3) is 0 Å². The van der Waals surface area contributed by atoms with E-state index < -0.39 is 8.56 Å². The van der Waals surface area contributed by atoms with E-state index in [0.29, 0.717) is 0 Å². The van der Waals surface area contributed by atoms with Crippen LogP contribution in [0.2, 0.25) is 12.6 Å². The van der Waals surface area contributed by atoms with Gasteiger partial charge in [-0.05, 0) is 32.4 Å². The molecule has 0 aliphatic heterocycles. The van der Waals surface area contributed by atoms with E-state index in [2.05, 4.69) is 20.0 Å². The summed E-state index contributed by atoms with van der Waals surface area (Å²) in [5.41, 5.74) is 0. The van der Waals surface area contributed by atoms with Crippen molar-refractivity contribution >= 4 is 8.56 Å². The van der Waals surface area contributed by atoms with Crippen molar-refractivity contribution in [1.82, 2.24) is 0 Å². The van der Waals surface area contributed by atoms with Gasteiger partial charge in [0.2, 0.25) is 0 Å². The highest BCUT2D eigenvalue weighted by Gasteiger charge is 2.28. The maximum atomic E-state index is 5.80. The summed E-state index contributed by atoms with van der Waals surface area (Å²) in [5.74, 6) is 0. The maximum Gasteiger partial charge on any atom is 0.334 e. The Morgan fingerprint density at radius 1 is 0.783 bits per heavy atom. The summed E-state index contributed by atoms with van der Waals surface area (Å²) < 4.78 is 11.4. The van der Waals surface area contributed by atoms with Gasteiger partial charge in [-0.2, -0.15) is 0 Å². The fourth-order valence-electron chi connectivity index (χ4n) is 3.04. The van der Waals surface area contributed by atoms with Crippen molar-refractivity contribution in [3.63, 3.8) is 0 Å². The van der Waals surface area contributed by atoms with E-state index in [4.69, 9.17) is 8.85 Å². The second-order valence-electron chi connectivity index (χ2n) is 6.84. The molecule has 0 rings (SSSR count). The van der Waals surface area contributed by atoms with Crippen molar-refractivity contribution < 1.29 is 8.85 Å². The lowest BCUT2D eigenvalue weighted by molar-refractivity contribution is 0.214. The summed E-state index contributed by atoms with van der Waals surface area (Å²) in [6.45, 7) is 8.80. The molecule has 1 atom stereocenters. The maximum absolute atomic E-state index is 5.80. The van der Waals surface area contributed by atoms with Crippen molar-refractivity contribution in [2.24, 2.45) is 0 Å². The van der Waals surface area contributed by atoms with Gasteiger partial charge < -0.3 is 8.85 Å². The van der Waals surface area contributed by atoms with E-state index in [1.54, 1.807) is 7.11 Å². The largest absolute Gasteiger partial charge is 0.398 e. The molecule has 0 fully saturated rings. The van der Waals surface area contributed by atoms with Crippen molar-refractivity contribution in [3.8, 4) is 0 Å². The first kappa shape index (κ1) is 22.9. The molecular weight excluding hydrogens is 300 g/mol. The Morgan fingerprint density at radius 3 is 1.61 bits per heavy atom. The zero-order valence-corrected chi connectivity index (χ0v) is 17.2. The number of unbranched alkanes of at least 4 members (excludes halogenated alkanes) is 12. The summed E-state index contributed by atoms with van der Waals surface area (Å²) in [5, 5.41) is 0. The van der Waals surface area contributed by atoms with Crippen molar-refractivity contribution in [3.05, 3.63) is 12.7 Å². The van der Waals surface area contributed by atoms with E-state index in [1.807, 2.05) is 6.08 Å². The summed E-state index contributed by atoms with van der Waals surface area (Å²) in [4.78, 5) is 0. The Labute approximate surface area is 147 Å². The topological polar surface area (TPSA) is 18.5 Å². The zero-order valence-electron chi connectivity index (χ0n) is 16.2. The minimum Gasteiger partial charge on any atom is -0.398 e. The van der Waals surface area contributed by atoms with Crippen LogP contribution in [0.3, 0.4) is 0 Å². The number of hydrogen-bond donors (Lipinski definition) is 0. The summed E-state index contributed by atoms with van der Waals surface area (Å²) in [6, 6.07) is 1.14. The van der Waals surface area contributed by atoms with E-state index in [-0.39, 0.29) is 0 Å². The highest BCUT2D eigenvalue weighted by Crippen LogP contribution is 2.18. The van der Waals surface area contributed by atoms with Crippen LogP contribution >= 0.6 is 0 Å². The number of hydrogen-bond acceptors (Lipinski definition) is 2. The van der Waals surface area contributed by atoms with Crippen molar-refractivity contribution in [2.45, 2.75) is 103 Å². The number of allylic oxidation sites excluding steroid dienone is 1. The molecule has 0 aromatic rings. The van der Waals surface area contributed by atoms with Crippen LogP contribution in [0.15, 0.2) is 12.7 Å². The second kappa shape index (κ2) is 16.7. The molecule has 0 heterocycles. The van der Waals surface area contributed by atoms with Crippen molar-refractivity contribution in [2.75, 3.05) is 13.7 Å². The van der Waals surface area contributed by atoms with Gasteiger partial charge in [-0.25, -0.2) is 0 Å². The first-order valence-corrected chi connectivity index (χ1v) is 12.5. The third-order valence-corrected chi connectivity index (χ3v) is 7.70. The standard InChI is InChI=1S/C20H42O2Si/c1-5-7-8-9-10-11-12-13-14-15-16-17-18-19-20-23(4,21-3)22-6-2/h5H,1,6-20H2,2-4H3. The van der Waals surface area contributed by atoms with Gasteiger partial charge in [0.25, 0.3) is 0 Å². The van der Waals surface area contributed by atoms with Gasteiger partial charge in [-0.3, -0.25) is 0 Å². The first-order valence-electron chi connectivity index (χ1n) is 9.98. The van der Waals surface area contributed by atoms with Crippen LogP contribution in [-0.4, -0.2) is 22.3 Å². The quantitative estimate of drug-likeness (QED) is 0.152. The molecule has 23 heavy (non-hydrogen) atoms. The predicted molar refractivity (Wildman–Crippen MR) is 105 cm³/mol.